The lowest BCUT2D eigenvalue weighted by Crippen LogP contribution is -2.20. The first-order valence-corrected chi connectivity index (χ1v) is 29.2. The van der Waals surface area contributed by atoms with Gasteiger partial charge in [-0.05, 0) is 25.7 Å². The highest BCUT2D eigenvalue weighted by Gasteiger charge is 2.03. The van der Waals surface area contributed by atoms with Gasteiger partial charge in [-0.1, -0.05) is 141 Å². The smallest absolute Gasteiger partial charge is 0.305 e. The number of hydrogen-bond donors (Lipinski definition) is 4. The summed E-state index contributed by atoms with van der Waals surface area (Å²) in [6.45, 7) is 9.16. The Labute approximate surface area is 442 Å². The fourth-order valence-corrected chi connectivity index (χ4v) is 7.21. The van der Waals surface area contributed by atoms with Gasteiger partial charge in [-0.3, -0.25) is 18.6 Å². The second-order valence-corrected chi connectivity index (χ2v) is 19.0. The molecule has 0 fully saturated rings. The molecule has 0 radical (unpaired) electrons. The summed E-state index contributed by atoms with van der Waals surface area (Å²) in [4.78, 5) is 40.3. The lowest BCUT2D eigenvalue weighted by atomic mass is 10.0. The minimum absolute atomic E-state index is 0.0850. The molecule has 21 nitrogen and oxygen atoms in total. The van der Waals surface area contributed by atoms with Gasteiger partial charge in [0.05, 0.1) is 133 Å². The largest absolute Gasteiger partial charge is 0.469 e. The number of rotatable bonds is 58. The van der Waals surface area contributed by atoms with E-state index in [1.165, 1.54) is 130 Å². The zero-order valence-electron chi connectivity index (χ0n) is 46.1. The number of unbranched alkanes of at least 4 members (excludes halogenated alkanes) is 24. The Bertz CT molecular complexity index is 1160. The molecule has 0 aliphatic rings. The molecule has 0 aliphatic heterocycles. The van der Waals surface area contributed by atoms with Crippen LogP contribution in [0, 0.1) is 0 Å². The van der Waals surface area contributed by atoms with Gasteiger partial charge in [-0.15, -0.1) is 0 Å². The van der Waals surface area contributed by atoms with Crippen LogP contribution >= 0.6 is 0 Å². The van der Waals surface area contributed by atoms with Gasteiger partial charge in [-0.2, -0.15) is 8.42 Å². The maximum Gasteiger partial charge on any atom is 0.305 e. The molecule has 0 rings (SSSR count). The molecule has 0 aromatic heterocycles. The number of nitrogens with one attached hydrogen (secondary N) is 1. The van der Waals surface area contributed by atoms with E-state index in [1.54, 1.807) is 0 Å². The van der Waals surface area contributed by atoms with Crippen LogP contribution < -0.4 is 23.2 Å². The Morgan fingerprint density at radius 3 is 0.863 bits per heavy atom. The average molecular weight is 1080 g/mol. The van der Waals surface area contributed by atoms with Gasteiger partial charge in [0.25, 0.3) is 10.1 Å². The molecule has 440 valence electrons. The molecule has 0 aromatic carbocycles. The maximum absolute atomic E-state index is 11.0. The van der Waals surface area contributed by atoms with Crippen LogP contribution in [0.3, 0.4) is 0 Å². The highest BCUT2D eigenvalue weighted by Crippen LogP contribution is 2.15. The van der Waals surface area contributed by atoms with E-state index < -0.39 is 10.1 Å². The monoisotopic (exact) mass is 1080 g/mol. The molecule has 22 heteroatoms. The summed E-state index contributed by atoms with van der Waals surface area (Å²) in [5.41, 5.74) is 3.00. The van der Waals surface area contributed by atoms with E-state index >= 15 is 0 Å². The first-order valence-electron chi connectivity index (χ1n) is 27.4. The third-order valence-corrected chi connectivity index (χ3v) is 11.5. The fraction of sp³-hybridized carbons (Fsp3) is 0.961. The summed E-state index contributed by atoms with van der Waals surface area (Å²) >= 11 is 0. The summed E-state index contributed by atoms with van der Waals surface area (Å²) in [5, 5.41) is 0. The van der Waals surface area contributed by atoms with Gasteiger partial charge >= 0.3 is 11.9 Å². The van der Waals surface area contributed by atoms with E-state index in [9.17, 15) is 18.0 Å². The van der Waals surface area contributed by atoms with Crippen molar-refractivity contribution in [1.29, 1.82) is 0 Å². The van der Waals surface area contributed by atoms with E-state index in [0.717, 1.165) is 64.2 Å². The molecule has 0 unspecified atom stereocenters. The molecule has 0 atom stereocenters. The predicted molar refractivity (Wildman–Crippen MR) is 283 cm³/mol. The fourth-order valence-electron chi connectivity index (χ4n) is 6.79. The first-order chi connectivity index (χ1) is 35.7. The van der Waals surface area contributed by atoms with Crippen molar-refractivity contribution in [2.75, 3.05) is 139 Å². The second kappa shape index (κ2) is 68.3. The van der Waals surface area contributed by atoms with Crippen molar-refractivity contribution in [3.63, 3.8) is 0 Å². The lowest BCUT2D eigenvalue weighted by molar-refractivity contribution is -0.141. The quantitative estimate of drug-likeness (QED) is 0.0199. The van der Waals surface area contributed by atoms with Crippen LogP contribution in [-0.4, -0.2) is 160 Å². The Morgan fingerprint density at radius 1 is 0.342 bits per heavy atom. The summed E-state index contributed by atoms with van der Waals surface area (Å²) in [5.74, 6) is 14.3. The number of methoxy groups -OCH3 is 2. The maximum atomic E-state index is 11.0. The lowest BCUT2D eigenvalue weighted by Gasteiger charge is -2.08. The van der Waals surface area contributed by atoms with Gasteiger partial charge < -0.3 is 52.4 Å². The molecular weight excluding hydrogens is 973 g/mol. The van der Waals surface area contributed by atoms with Crippen LogP contribution in [0.25, 0.3) is 0 Å². The molecule has 0 spiro atoms. The normalized spacial score (nSPS) is 11.3. The molecule has 7 N–H and O–H groups in total. The van der Waals surface area contributed by atoms with Crippen molar-refractivity contribution >= 4 is 22.1 Å². The van der Waals surface area contributed by atoms with Crippen molar-refractivity contribution in [3.05, 3.63) is 0 Å². The zero-order chi connectivity index (χ0) is 54.1. The minimum atomic E-state index is -3.27. The number of hydroxylamine groups is 1. The predicted octanol–water partition coefficient (Wildman–Crippen LogP) is 7.50. The molecule has 0 saturated heterocycles. The third kappa shape index (κ3) is 79.3. The molecule has 0 aliphatic carbocycles. The van der Waals surface area contributed by atoms with Gasteiger partial charge in [0.15, 0.2) is 0 Å². The topological polar surface area (TPSA) is 278 Å². The van der Waals surface area contributed by atoms with Gasteiger partial charge in [0.2, 0.25) is 0 Å². The number of nitrogens with two attached hydrogens (primary N) is 3. The number of ether oxygens (including phenoxy) is 8. The summed E-state index contributed by atoms with van der Waals surface area (Å²) in [6, 6.07) is 0. The van der Waals surface area contributed by atoms with Crippen LogP contribution in [0.15, 0.2) is 0 Å². The van der Waals surface area contributed by atoms with E-state index in [4.69, 9.17) is 55.1 Å². The molecule has 0 aromatic rings. The average Bonchev–Trinajstić information content (AvgIpc) is 3.38. The molecule has 0 saturated carbocycles. The summed E-state index contributed by atoms with van der Waals surface area (Å²) < 4.78 is 66.9. The van der Waals surface area contributed by atoms with E-state index in [-0.39, 0.29) is 11.9 Å². The van der Waals surface area contributed by atoms with E-state index in [1.807, 2.05) is 0 Å². The van der Waals surface area contributed by atoms with Gasteiger partial charge in [-0.25, -0.2) is 23.2 Å². The van der Waals surface area contributed by atoms with Gasteiger partial charge in [0.1, 0.15) is 0 Å². The summed E-state index contributed by atoms with van der Waals surface area (Å²) in [6.07, 6.45) is 33.9. The Morgan fingerprint density at radius 2 is 0.589 bits per heavy atom. The Kier molecular flexibility index (Phi) is 70.7. The SMILES string of the molecule is COC(=O)CCCCCCCCCCCCCCCNOCCOCCOCCOCCON.COC(=O)CCCCCCCCCCCCCCCOS(C)(=O)=O.NOCCOCCOCCOCCON. The summed E-state index contributed by atoms with van der Waals surface area (Å²) in [7, 11) is -0.372. The van der Waals surface area contributed by atoms with E-state index in [2.05, 4.69) is 29.5 Å². The number of hydrogen-bond acceptors (Lipinski definition) is 21. The zero-order valence-corrected chi connectivity index (χ0v) is 46.9. The van der Waals surface area contributed by atoms with Crippen LogP contribution in [0.1, 0.15) is 180 Å². The van der Waals surface area contributed by atoms with Crippen LogP contribution in [-0.2, 0) is 81.1 Å². The standard InChI is InChI=1S/C25H52N2O7.C18H36O5S.C8H20N2O5/c1-29-25(28)15-13-11-9-7-5-3-2-4-6-8-10-12-14-16-27-34-24-22-32-20-18-30-17-19-31-21-23-33-26;1-22-18(19)16-14-12-10-8-6-4-3-5-7-9-11-13-15-17-23-24(2,20)21;9-14-7-5-12-3-1-11-2-4-13-6-8-15-10/h27H,2-24,26H2,1H3;3-17H2,1-2H3;1-10H2. The molecular formula is C51H108N4O17S. The number of esters is 2. The van der Waals surface area contributed by atoms with Crippen molar-refractivity contribution in [2.45, 2.75) is 180 Å². The van der Waals surface area contributed by atoms with Crippen LogP contribution in [0.2, 0.25) is 0 Å². The molecule has 0 heterocycles. The van der Waals surface area contributed by atoms with Crippen molar-refractivity contribution in [3.8, 4) is 0 Å². The van der Waals surface area contributed by atoms with Crippen molar-refractivity contribution in [1.82, 2.24) is 5.48 Å². The Balaban J connectivity index is -0.00000109. The van der Waals surface area contributed by atoms with Gasteiger partial charge in [0, 0.05) is 19.4 Å². The van der Waals surface area contributed by atoms with Crippen molar-refractivity contribution < 1.29 is 79.4 Å². The highest BCUT2D eigenvalue weighted by molar-refractivity contribution is 7.85. The highest BCUT2D eigenvalue weighted by atomic mass is 32.2. The minimum Gasteiger partial charge on any atom is -0.469 e. The number of carbonyl (C=O) groups is 2. The number of carbonyl (C=O) groups excluding carboxylic acids is 2. The first kappa shape index (κ1) is 75.5. The molecule has 73 heavy (non-hydrogen) atoms. The third-order valence-electron chi connectivity index (χ3n) is 10.9. The second-order valence-electron chi connectivity index (χ2n) is 17.4. The van der Waals surface area contributed by atoms with Crippen LogP contribution in [0.4, 0.5) is 0 Å². The Hall–Kier alpha value is -1.71. The molecule has 0 amide bonds. The van der Waals surface area contributed by atoms with Crippen LogP contribution in [0.5, 0.6) is 0 Å². The molecule has 0 bridgehead atoms. The van der Waals surface area contributed by atoms with Crippen molar-refractivity contribution in [2.24, 2.45) is 17.7 Å². The van der Waals surface area contributed by atoms with E-state index in [0.29, 0.717) is 125 Å².